The van der Waals surface area contributed by atoms with Crippen molar-refractivity contribution in [2.75, 3.05) is 0 Å². The Bertz CT molecular complexity index is 289. The third-order valence-electron chi connectivity index (χ3n) is 2.00. The van der Waals surface area contributed by atoms with Gasteiger partial charge in [0.05, 0.1) is 10.6 Å². The van der Waals surface area contributed by atoms with Gasteiger partial charge in [-0.05, 0) is 46.5 Å². The Morgan fingerprint density at radius 2 is 2.15 bits per heavy atom. The number of aliphatic hydroxyl groups excluding tert-OH is 1. The van der Waals surface area contributed by atoms with E-state index in [0.717, 1.165) is 5.56 Å². The summed E-state index contributed by atoms with van der Waals surface area (Å²) in [5, 5.41) is 9.53. The van der Waals surface area contributed by atoms with Crippen molar-refractivity contribution in [1.82, 2.24) is 0 Å². The highest BCUT2D eigenvalue weighted by Crippen LogP contribution is 2.25. The molecule has 1 aromatic rings. The van der Waals surface area contributed by atoms with Crippen LogP contribution in [-0.2, 0) is 0 Å². The van der Waals surface area contributed by atoms with Gasteiger partial charge in [-0.1, -0.05) is 13.0 Å². The summed E-state index contributed by atoms with van der Waals surface area (Å²) in [6.45, 7) is 3.57. The molecule has 0 aromatic heterocycles. The van der Waals surface area contributed by atoms with Gasteiger partial charge < -0.3 is 5.11 Å². The Morgan fingerprint density at radius 1 is 1.54 bits per heavy atom. The fourth-order valence-electron chi connectivity index (χ4n) is 1.18. The first-order valence-electron chi connectivity index (χ1n) is 4.19. The molecule has 3 heteroatoms. The molecule has 1 aromatic carbocycles. The monoisotopic (exact) mass is 246 g/mol. The lowest BCUT2D eigenvalue weighted by atomic mass is 10.0. The summed E-state index contributed by atoms with van der Waals surface area (Å²) in [5.74, 6) is -0.257. The minimum atomic E-state index is -0.504. The van der Waals surface area contributed by atoms with Crippen LogP contribution in [0.3, 0.4) is 0 Å². The zero-order valence-electron chi connectivity index (χ0n) is 7.64. The van der Waals surface area contributed by atoms with Gasteiger partial charge >= 0.3 is 0 Å². The van der Waals surface area contributed by atoms with Crippen LogP contribution in [0.25, 0.3) is 0 Å². The molecule has 1 N–H and O–H groups in total. The van der Waals surface area contributed by atoms with Crippen LogP contribution in [0.15, 0.2) is 16.6 Å². The lowest BCUT2D eigenvalue weighted by molar-refractivity contribution is 0.173. The average molecular weight is 247 g/mol. The van der Waals surface area contributed by atoms with Crippen LogP contribution < -0.4 is 0 Å². The summed E-state index contributed by atoms with van der Waals surface area (Å²) in [7, 11) is 0. The van der Waals surface area contributed by atoms with E-state index >= 15 is 0 Å². The molecular formula is C10H12BrFO. The summed E-state index contributed by atoms with van der Waals surface area (Å²) in [6.07, 6.45) is 0.132. The van der Waals surface area contributed by atoms with Crippen molar-refractivity contribution >= 4 is 15.9 Å². The molecule has 1 atom stereocenters. The van der Waals surface area contributed by atoms with Gasteiger partial charge in [0.1, 0.15) is 5.82 Å². The van der Waals surface area contributed by atoms with Crippen molar-refractivity contribution in [1.29, 1.82) is 0 Å². The largest absolute Gasteiger partial charge is 0.388 e. The van der Waals surface area contributed by atoms with E-state index in [4.69, 9.17) is 0 Å². The van der Waals surface area contributed by atoms with Crippen LogP contribution in [0.2, 0.25) is 0 Å². The number of hydrogen-bond donors (Lipinski definition) is 1. The van der Waals surface area contributed by atoms with E-state index in [1.807, 2.05) is 6.92 Å². The molecule has 0 spiro atoms. The molecule has 1 rings (SSSR count). The standard InChI is InChI=1S/C10H12BrFO/c1-3-9(13)7-4-6(2)10(12)8(11)5-7/h4-5,9,13H,3H2,1-2H3. The molecule has 1 nitrogen and oxygen atoms in total. The Kier molecular flexibility index (Phi) is 3.45. The summed E-state index contributed by atoms with van der Waals surface area (Å²) in [5.41, 5.74) is 1.31. The molecule has 1 unspecified atom stereocenters. The quantitative estimate of drug-likeness (QED) is 0.849. The maximum atomic E-state index is 13.1. The molecule has 13 heavy (non-hydrogen) atoms. The predicted octanol–water partition coefficient (Wildman–Crippen LogP) is 3.34. The van der Waals surface area contributed by atoms with Gasteiger partial charge in [0.2, 0.25) is 0 Å². The Morgan fingerprint density at radius 3 is 2.62 bits per heavy atom. The molecule has 0 radical (unpaired) electrons. The summed E-state index contributed by atoms with van der Waals surface area (Å²) in [6, 6.07) is 3.30. The number of hydrogen-bond acceptors (Lipinski definition) is 1. The van der Waals surface area contributed by atoms with Crippen molar-refractivity contribution < 1.29 is 9.50 Å². The molecule has 0 fully saturated rings. The lowest BCUT2D eigenvalue weighted by Crippen LogP contribution is -1.97. The van der Waals surface area contributed by atoms with Crippen LogP contribution >= 0.6 is 15.9 Å². The van der Waals surface area contributed by atoms with E-state index in [2.05, 4.69) is 15.9 Å². The fraction of sp³-hybridized carbons (Fsp3) is 0.400. The molecule has 0 aliphatic rings. The predicted molar refractivity (Wildman–Crippen MR) is 54.1 cm³/mol. The SMILES string of the molecule is CCC(O)c1cc(C)c(F)c(Br)c1. The second-order valence-corrected chi connectivity index (χ2v) is 3.91. The zero-order chi connectivity index (χ0) is 10.0. The topological polar surface area (TPSA) is 20.2 Å². The van der Waals surface area contributed by atoms with E-state index in [1.165, 1.54) is 0 Å². The number of halogens is 2. The van der Waals surface area contributed by atoms with Crippen molar-refractivity contribution in [3.8, 4) is 0 Å². The smallest absolute Gasteiger partial charge is 0.140 e. The lowest BCUT2D eigenvalue weighted by Gasteiger charge is -2.10. The van der Waals surface area contributed by atoms with Gasteiger partial charge in [-0.25, -0.2) is 4.39 Å². The Labute approximate surface area is 85.7 Å². The molecule has 0 heterocycles. The van der Waals surface area contributed by atoms with Gasteiger partial charge in [-0.3, -0.25) is 0 Å². The van der Waals surface area contributed by atoms with Gasteiger partial charge in [-0.2, -0.15) is 0 Å². The van der Waals surface area contributed by atoms with Gasteiger partial charge in [0, 0.05) is 0 Å². The van der Waals surface area contributed by atoms with E-state index in [1.54, 1.807) is 19.1 Å². The van der Waals surface area contributed by atoms with Crippen molar-refractivity contribution in [3.63, 3.8) is 0 Å². The molecular weight excluding hydrogens is 235 g/mol. The number of rotatable bonds is 2. The third-order valence-corrected chi connectivity index (χ3v) is 2.58. The first kappa shape index (κ1) is 10.7. The highest BCUT2D eigenvalue weighted by atomic mass is 79.9. The highest BCUT2D eigenvalue weighted by Gasteiger charge is 2.10. The van der Waals surface area contributed by atoms with Crippen LogP contribution in [0.1, 0.15) is 30.6 Å². The number of benzene rings is 1. The second-order valence-electron chi connectivity index (χ2n) is 3.06. The second kappa shape index (κ2) is 4.20. The molecule has 0 saturated heterocycles. The van der Waals surface area contributed by atoms with Gasteiger partial charge in [0.25, 0.3) is 0 Å². The first-order chi connectivity index (χ1) is 6.06. The summed E-state index contributed by atoms with van der Waals surface area (Å²) in [4.78, 5) is 0. The number of aryl methyl sites for hydroxylation is 1. The van der Waals surface area contributed by atoms with E-state index in [-0.39, 0.29) is 5.82 Å². The number of aliphatic hydroxyl groups is 1. The van der Waals surface area contributed by atoms with Crippen LogP contribution in [0.4, 0.5) is 4.39 Å². The van der Waals surface area contributed by atoms with Gasteiger partial charge in [-0.15, -0.1) is 0 Å². The van der Waals surface area contributed by atoms with E-state index in [0.29, 0.717) is 16.5 Å². The third kappa shape index (κ3) is 2.29. The first-order valence-corrected chi connectivity index (χ1v) is 4.99. The van der Waals surface area contributed by atoms with Crippen molar-refractivity contribution in [2.24, 2.45) is 0 Å². The maximum absolute atomic E-state index is 13.1. The highest BCUT2D eigenvalue weighted by molar-refractivity contribution is 9.10. The summed E-state index contributed by atoms with van der Waals surface area (Å²) >= 11 is 3.11. The minimum Gasteiger partial charge on any atom is -0.388 e. The van der Waals surface area contributed by atoms with Crippen molar-refractivity contribution in [2.45, 2.75) is 26.4 Å². The zero-order valence-corrected chi connectivity index (χ0v) is 9.23. The molecule has 72 valence electrons. The normalized spacial score (nSPS) is 13.0. The molecule has 0 aliphatic carbocycles. The Balaban J connectivity index is 3.13. The molecule has 0 amide bonds. The van der Waals surface area contributed by atoms with E-state index < -0.39 is 6.10 Å². The summed E-state index contributed by atoms with van der Waals surface area (Å²) < 4.78 is 13.6. The maximum Gasteiger partial charge on any atom is 0.140 e. The molecule has 0 aliphatic heterocycles. The average Bonchev–Trinajstić information content (AvgIpc) is 2.12. The fourth-order valence-corrected chi connectivity index (χ4v) is 1.76. The van der Waals surface area contributed by atoms with Crippen molar-refractivity contribution in [3.05, 3.63) is 33.5 Å². The van der Waals surface area contributed by atoms with Crippen LogP contribution in [0, 0.1) is 12.7 Å². The van der Waals surface area contributed by atoms with E-state index in [9.17, 15) is 9.50 Å². The Hall–Kier alpha value is -0.410. The van der Waals surface area contributed by atoms with Gasteiger partial charge in [0.15, 0.2) is 0 Å². The molecule has 0 saturated carbocycles. The van der Waals surface area contributed by atoms with Crippen LogP contribution in [-0.4, -0.2) is 5.11 Å². The van der Waals surface area contributed by atoms with Crippen LogP contribution in [0.5, 0.6) is 0 Å². The minimum absolute atomic E-state index is 0.257. The molecule has 0 bridgehead atoms.